The van der Waals surface area contributed by atoms with Gasteiger partial charge in [0, 0.05) is 55.6 Å². The largest absolute Gasteiger partial charge is 0.355 e. The van der Waals surface area contributed by atoms with Crippen molar-refractivity contribution < 1.29 is 0 Å². The Labute approximate surface area is 287 Å². The fraction of sp³-hybridized carbons (Fsp3) is 0. The van der Waals surface area contributed by atoms with Gasteiger partial charge in [0.25, 0.3) is 0 Å². The van der Waals surface area contributed by atoms with E-state index in [1.165, 1.54) is 32.7 Å². The van der Waals surface area contributed by atoms with Crippen LogP contribution < -0.4 is 0 Å². The molecule has 50 heavy (non-hydrogen) atoms. The monoisotopic (exact) mass is 640 g/mol. The zero-order valence-electron chi connectivity index (χ0n) is 26.8. The molecule has 0 saturated heterocycles. The molecule has 10 rings (SSSR count). The summed E-state index contributed by atoms with van der Waals surface area (Å²) in [5.41, 5.74) is 10.5. The maximum absolute atomic E-state index is 4.97. The number of H-pyrrole nitrogens is 1. The minimum Gasteiger partial charge on any atom is -0.355 e. The van der Waals surface area contributed by atoms with Crippen molar-refractivity contribution in [3.8, 4) is 51.1 Å². The van der Waals surface area contributed by atoms with Gasteiger partial charge in [-0.1, -0.05) is 97.1 Å². The zero-order valence-corrected chi connectivity index (χ0v) is 26.8. The Morgan fingerprint density at radius 2 is 1.06 bits per heavy atom. The Kier molecular flexibility index (Phi) is 6.39. The molecule has 0 spiro atoms. The predicted octanol–water partition coefficient (Wildman–Crippen LogP) is 10.7. The molecule has 4 heterocycles. The SMILES string of the molecule is c1ccc(-c2nc(-c3cccc(-n4c5ccccc5c5cc(-c6ccc7[nH]c8ccccc8c7c6)ccc54)c3)nc(-c3ccccn3)n2)cc1. The minimum atomic E-state index is 0.537. The normalized spacial score (nSPS) is 11.6. The van der Waals surface area contributed by atoms with Gasteiger partial charge in [-0.3, -0.25) is 4.98 Å². The summed E-state index contributed by atoms with van der Waals surface area (Å²) in [5.74, 6) is 1.74. The lowest BCUT2D eigenvalue weighted by molar-refractivity contribution is 1.06. The van der Waals surface area contributed by atoms with Crippen LogP contribution in [-0.4, -0.2) is 29.5 Å². The summed E-state index contributed by atoms with van der Waals surface area (Å²) < 4.78 is 2.33. The zero-order chi connectivity index (χ0) is 33.0. The van der Waals surface area contributed by atoms with Crippen LogP contribution in [0, 0.1) is 0 Å². The highest BCUT2D eigenvalue weighted by Crippen LogP contribution is 2.37. The molecule has 0 bridgehead atoms. The molecule has 0 saturated carbocycles. The van der Waals surface area contributed by atoms with E-state index in [0.717, 1.165) is 38.9 Å². The molecule has 0 aliphatic heterocycles. The Balaban J connectivity index is 1.12. The second-order valence-corrected chi connectivity index (χ2v) is 12.5. The van der Waals surface area contributed by atoms with E-state index >= 15 is 0 Å². The molecular formula is C44H28N6. The standard InChI is InChI=1S/C44H28N6/c1-2-11-28(12-3-1)42-47-43(49-44(48-42)39-18-8-9-24-45-39)31-13-10-14-32(25-31)50-40-19-7-5-16-34(40)36-27-30(21-23-41(36)50)29-20-22-38-35(26-29)33-15-4-6-17-37(33)46-38/h1-27,46H. The number of benzene rings is 6. The first-order chi connectivity index (χ1) is 24.8. The summed E-state index contributed by atoms with van der Waals surface area (Å²) in [7, 11) is 0. The van der Waals surface area contributed by atoms with Crippen LogP contribution >= 0.6 is 0 Å². The smallest absolute Gasteiger partial charge is 0.182 e. The number of hydrogen-bond acceptors (Lipinski definition) is 4. The fourth-order valence-electron chi connectivity index (χ4n) is 7.07. The first-order valence-electron chi connectivity index (χ1n) is 16.6. The van der Waals surface area contributed by atoms with E-state index in [4.69, 9.17) is 15.0 Å². The van der Waals surface area contributed by atoms with Crippen molar-refractivity contribution in [1.82, 2.24) is 29.5 Å². The molecule has 0 radical (unpaired) electrons. The van der Waals surface area contributed by atoms with Gasteiger partial charge in [0.1, 0.15) is 5.69 Å². The first-order valence-corrected chi connectivity index (χ1v) is 16.6. The van der Waals surface area contributed by atoms with Crippen molar-refractivity contribution in [3.63, 3.8) is 0 Å². The van der Waals surface area contributed by atoms with E-state index in [1.807, 2.05) is 48.5 Å². The van der Waals surface area contributed by atoms with Gasteiger partial charge in [-0.25, -0.2) is 15.0 Å². The van der Waals surface area contributed by atoms with Gasteiger partial charge in [0.05, 0.1) is 11.0 Å². The molecular weight excluding hydrogens is 613 g/mol. The highest BCUT2D eigenvalue weighted by atomic mass is 15.0. The third-order valence-electron chi connectivity index (χ3n) is 9.44. The van der Waals surface area contributed by atoms with Crippen LogP contribution in [0.3, 0.4) is 0 Å². The van der Waals surface area contributed by atoms with Gasteiger partial charge in [0.2, 0.25) is 0 Å². The number of pyridine rings is 1. The van der Waals surface area contributed by atoms with Gasteiger partial charge >= 0.3 is 0 Å². The second kappa shape index (κ2) is 11.4. The summed E-state index contributed by atoms with van der Waals surface area (Å²) in [6.45, 7) is 0. The number of aromatic nitrogens is 6. The van der Waals surface area contributed by atoms with Gasteiger partial charge in [-0.05, 0) is 71.8 Å². The van der Waals surface area contributed by atoms with E-state index in [9.17, 15) is 0 Å². The van der Waals surface area contributed by atoms with E-state index in [0.29, 0.717) is 23.2 Å². The molecule has 0 unspecified atom stereocenters. The van der Waals surface area contributed by atoms with Crippen molar-refractivity contribution in [2.75, 3.05) is 0 Å². The minimum absolute atomic E-state index is 0.537. The highest BCUT2D eigenvalue weighted by Gasteiger charge is 2.17. The van der Waals surface area contributed by atoms with Crippen molar-refractivity contribution in [2.45, 2.75) is 0 Å². The van der Waals surface area contributed by atoms with Crippen LogP contribution in [0.4, 0.5) is 0 Å². The van der Waals surface area contributed by atoms with Crippen LogP contribution in [0.2, 0.25) is 0 Å². The summed E-state index contributed by atoms with van der Waals surface area (Å²) in [6, 6.07) is 54.8. The third-order valence-corrected chi connectivity index (χ3v) is 9.44. The van der Waals surface area contributed by atoms with Crippen molar-refractivity contribution in [2.24, 2.45) is 0 Å². The summed E-state index contributed by atoms with van der Waals surface area (Å²) in [4.78, 5) is 22.8. The van der Waals surface area contributed by atoms with Crippen LogP contribution in [0.15, 0.2) is 164 Å². The van der Waals surface area contributed by atoms with Crippen molar-refractivity contribution in [1.29, 1.82) is 0 Å². The number of rotatable bonds is 5. The Morgan fingerprint density at radius 3 is 1.92 bits per heavy atom. The number of aromatic amines is 1. The average Bonchev–Trinajstić information content (AvgIpc) is 3.73. The van der Waals surface area contributed by atoms with Crippen LogP contribution in [-0.2, 0) is 0 Å². The molecule has 4 aromatic heterocycles. The van der Waals surface area contributed by atoms with E-state index in [2.05, 4.69) is 124 Å². The topological polar surface area (TPSA) is 72.3 Å². The quantitative estimate of drug-likeness (QED) is 0.203. The number of hydrogen-bond donors (Lipinski definition) is 1. The van der Waals surface area contributed by atoms with E-state index < -0.39 is 0 Å². The van der Waals surface area contributed by atoms with Crippen LogP contribution in [0.1, 0.15) is 0 Å². The number of nitrogens with zero attached hydrogens (tertiary/aromatic N) is 5. The summed E-state index contributed by atoms with van der Waals surface area (Å²) >= 11 is 0. The van der Waals surface area contributed by atoms with Crippen LogP contribution in [0.25, 0.3) is 94.7 Å². The van der Waals surface area contributed by atoms with Gasteiger partial charge < -0.3 is 9.55 Å². The van der Waals surface area contributed by atoms with Gasteiger partial charge in [-0.15, -0.1) is 0 Å². The molecule has 10 aromatic rings. The van der Waals surface area contributed by atoms with Crippen LogP contribution in [0.5, 0.6) is 0 Å². The van der Waals surface area contributed by atoms with Crippen molar-refractivity contribution in [3.05, 3.63) is 164 Å². The molecule has 0 amide bonds. The molecule has 0 fully saturated rings. The van der Waals surface area contributed by atoms with Crippen molar-refractivity contribution >= 4 is 43.6 Å². The molecule has 1 N–H and O–H groups in total. The molecule has 6 heteroatoms. The summed E-state index contributed by atoms with van der Waals surface area (Å²) in [6.07, 6.45) is 1.76. The molecule has 0 aliphatic rings. The lowest BCUT2D eigenvalue weighted by atomic mass is 10.0. The Bertz CT molecular complexity index is 2810. The number of fused-ring (bicyclic) bond motifs is 6. The highest BCUT2D eigenvalue weighted by molar-refractivity contribution is 6.12. The maximum atomic E-state index is 4.97. The fourth-order valence-corrected chi connectivity index (χ4v) is 7.07. The Hall–Kier alpha value is -6.92. The lowest BCUT2D eigenvalue weighted by Gasteiger charge is -2.11. The maximum Gasteiger partial charge on any atom is 0.182 e. The molecule has 0 aliphatic carbocycles. The van der Waals surface area contributed by atoms with Gasteiger partial charge in [-0.2, -0.15) is 0 Å². The number of nitrogens with one attached hydrogen (secondary N) is 1. The molecule has 6 nitrogen and oxygen atoms in total. The second-order valence-electron chi connectivity index (χ2n) is 12.5. The van der Waals surface area contributed by atoms with Gasteiger partial charge in [0.15, 0.2) is 17.5 Å². The third kappa shape index (κ3) is 4.65. The summed E-state index contributed by atoms with van der Waals surface area (Å²) in [5, 5.41) is 4.87. The molecule has 6 aromatic carbocycles. The molecule has 234 valence electrons. The molecule has 0 atom stereocenters. The Morgan fingerprint density at radius 1 is 0.400 bits per heavy atom. The lowest BCUT2D eigenvalue weighted by Crippen LogP contribution is -2.01. The van der Waals surface area contributed by atoms with E-state index in [-0.39, 0.29) is 0 Å². The predicted molar refractivity (Wildman–Crippen MR) is 203 cm³/mol. The van der Waals surface area contributed by atoms with E-state index in [1.54, 1.807) is 6.20 Å². The number of para-hydroxylation sites is 2. The first kappa shape index (κ1) is 28.1. The average molecular weight is 641 g/mol.